The van der Waals surface area contributed by atoms with Crippen LogP contribution in [0.25, 0.3) is 0 Å². The van der Waals surface area contributed by atoms with Crippen LogP contribution in [0.1, 0.15) is 11.1 Å². The van der Waals surface area contributed by atoms with Gasteiger partial charge in [0.1, 0.15) is 11.4 Å². The molecule has 3 rings (SSSR count). The quantitative estimate of drug-likeness (QED) is 0.765. The Bertz CT molecular complexity index is 778. The summed E-state index contributed by atoms with van der Waals surface area (Å²) < 4.78 is 25.8. The van der Waals surface area contributed by atoms with Gasteiger partial charge in [-0.3, -0.25) is 4.21 Å². The average Bonchev–Trinajstić information content (AvgIpc) is 2.63. The van der Waals surface area contributed by atoms with Gasteiger partial charge in [-0.25, -0.2) is 4.39 Å². The number of rotatable bonds is 5. The first-order valence-corrected chi connectivity index (χ1v) is 8.89. The van der Waals surface area contributed by atoms with Gasteiger partial charge < -0.3 is 5.11 Å². The summed E-state index contributed by atoms with van der Waals surface area (Å²) in [4.78, 5) is 0.488. The highest BCUT2D eigenvalue weighted by molar-refractivity contribution is 7.85. The van der Waals surface area contributed by atoms with Crippen LogP contribution in [0.15, 0.2) is 89.8 Å². The Balaban J connectivity index is 2.00. The summed E-state index contributed by atoms with van der Waals surface area (Å²) in [6, 6.07) is 23.9. The molecule has 0 unspecified atom stereocenters. The van der Waals surface area contributed by atoms with E-state index < -0.39 is 16.4 Å². The van der Waals surface area contributed by atoms with E-state index in [4.69, 9.17) is 0 Å². The Kier molecular flexibility index (Phi) is 4.88. The maximum Gasteiger partial charge on any atom is 0.126 e. The molecular weight excluding hydrogens is 323 g/mol. The third-order valence-corrected chi connectivity index (χ3v) is 5.40. The first-order chi connectivity index (χ1) is 11.6. The minimum Gasteiger partial charge on any atom is -0.379 e. The molecule has 0 saturated heterocycles. The van der Waals surface area contributed by atoms with E-state index in [1.165, 1.54) is 24.3 Å². The molecule has 1 N–H and O–H groups in total. The van der Waals surface area contributed by atoms with E-state index in [1.807, 2.05) is 60.7 Å². The largest absolute Gasteiger partial charge is 0.379 e. The summed E-state index contributed by atoms with van der Waals surface area (Å²) in [7, 11) is -1.48. The van der Waals surface area contributed by atoms with Gasteiger partial charge in [0.25, 0.3) is 0 Å². The van der Waals surface area contributed by atoms with E-state index in [9.17, 15) is 13.7 Å². The van der Waals surface area contributed by atoms with Gasteiger partial charge in [-0.2, -0.15) is 0 Å². The van der Waals surface area contributed by atoms with Gasteiger partial charge in [-0.1, -0.05) is 60.7 Å². The summed E-state index contributed by atoms with van der Waals surface area (Å²) in [6.45, 7) is 0. The Morgan fingerprint density at radius 1 is 0.792 bits per heavy atom. The fourth-order valence-corrected chi connectivity index (χ4v) is 3.94. The first-order valence-electron chi connectivity index (χ1n) is 7.57. The van der Waals surface area contributed by atoms with Crippen molar-refractivity contribution in [3.8, 4) is 0 Å². The molecule has 0 amide bonds. The Labute approximate surface area is 143 Å². The lowest BCUT2D eigenvalue weighted by molar-refractivity contribution is 0.106. The van der Waals surface area contributed by atoms with Crippen molar-refractivity contribution >= 4 is 10.8 Å². The molecule has 4 heteroatoms. The summed E-state index contributed by atoms with van der Waals surface area (Å²) >= 11 is 0. The van der Waals surface area contributed by atoms with Crippen LogP contribution < -0.4 is 0 Å². The smallest absolute Gasteiger partial charge is 0.126 e. The highest BCUT2D eigenvalue weighted by Crippen LogP contribution is 2.31. The van der Waals surface area contributed by atoms with E-state index in [-0.39, 0.29) is 11.6 Å². The maximum atomic E-state index is 13.1. The third kappa shape index (κ3) is 3.45. The van der Waals surface area contributed by atoms with Crippen LogP contribution in [-0.2, 0) is 16.4 Å². The second kappa shape index (κ2) is 7.07. The molecule has 0 aliphatic heterocycles. The second-order valence-electron chi connectivity index (χ2n) is 5.54. The van der Waals surface area contributed by atoms with Crippen molar-refractivity contribution in [3.63, 3.8) is 0 Å². The van der Waals surface area contributed by atoms with Crippen molar-refractivity contribution in [2.45, 2.75) is 10.5 Å². The van der Waals surface area contributed by atoms with E-state index in [2.05, 4.69) is 0 Å². The Morgan fingerprint density at radius 3 is 1.71 bits per heavy atom. The summed E-state index contributed by atoms with van der Waals surface area (Å²) in [5.74, 6) is -0.385. The molecule has 0 heterocycles. The zero-order valence-corrected chi connectivity index (χ0v) is 13.7. The van der Waals surface area contributed by atoms with Gasteiger partial charge in [-0.05, 0) is 35.4 Å². The second-order valence-corrected chi connectivity index (χ2v) is 6.99. The fraction of sp³-hybridized carbons (Fsp3) is 0.100. The molecule has 122 valence electrons. The molecule has 0 aliphatic carbocycles. The first kappa shape index (κ1) is 16.6. The normalized spacial score (nSPS) is 12.8. The van der Waals surface area contributed by atoms with Crippen molar-refractivity contribution in [2.75, 3.05) is 5.75 Å². The molecule has 2 nitrogen and oxygen atoms in total. The van der Waals surface area contributed by atoms with Gasteiger partial charge in [0.05, 0.1) is 16.6 Å². The molecule has 0 saturated carbocycles. The van der Waals surface area contributed by atoms with Crippen LogP contribution >= 0.6 is 0 Å². The monoisotopic (exact) mass is 340 g/mol. The van der Waals surface area contributed by atoms with E-state index >= 15 is 0 Å². The van der Waals surface area contributed by atoms with Gasteiger partial charge >= 0.3 is 0 Å². The molecule has 0 aliphatic rings. The molecule has 0 aromatic heterocycles. The predicted molar refractivity (Wildman–Crippen MR) is 93.6 cm³/mol. The molecule has 3 aromatic carbocycles. The molecule has 0 radical (unpaired) electrons. The van der Waals surface area contributed by atoms with E-state index in [0.717, 1.165) is 0 Å². The van der Waals surface area contributed by atoms with E-state index in [0.29, 0.717) is 16.0 Å². The zero-order valence-electron chi connectivity index (χ0n) is 12.9. The highest BCUT2D eigenvalue weighted by atomic mass is 32.2. The highest BCUT2D eigenvalue weighted by Gasteiger charge is 2.34. The van der Waals surface area contributed by atoms with Gasteiger partial charge in [-0.15, -0.1) is 0 Å². The number of hydrogen-bond acceptors (Lipinski definition) is 2. The lowest BCUT2D eigenvalue weighted by atomic mass is 9.88. The van der Waals surface area contributed by atoms with Gasteiger partial charge in [0, 0.05) is 4.90 Å². The molecular formula is C20H17FO2S. The SMILES string of the molecule is O=[S@@](CC(O)(c1ccccc1)c1ccccc1)c1ccc(F)cc1. The van der Waals surface area contributed by atoms with Crippen LogP contribution in [0, 0.1) is 5.82 Å². The standard InChI is InChI=1S/C20H17FO2S/c21-18-11-13-19(14-12-18)24(23)15-20(22,16-7-3-1-4-8-16)17-9-5-2-6-10-17/h1-14,22H,15H2/t24-/m0/s1. The van der Waals surface area contributed by atoms with Crippen molar-refractivity contribution < 1.29 is 13.7 Å². The van der Waals surface area contributed by atoms with Crippen molar-refractivity contribution in [2.24, 2.45) is 0 Å². The van der Waals surface area contributed by atoms with Gasteiger partial charge in [0.15, 0.2) is 0 Å². The van der Waals surface area contributed by atoms with Crippen LogP contribution in [0.3, 0.4) is 0 Å². The van der Waals surface area contributed by atoms with Crippen LogP contribution in [-0.4, -0.2) is 15.1 Å². The lowest BCUT2D eigenvalue weighted by Crippen LogP contribution is -2.33. The minimum absolute atomic E-state index is 0.00728. The van der Waals surface area contributed by atoms with Gasteiger partial charge in [0.2, 0.25) is 0 Å². The van der Waals surface area contributed by atoms with Crippen molar-refractivity contribution in [1.29, 1.82) is 0 Å². The summed E-state index contributed by atoms with van der Waals surface area (Å²) in [5.41, 5.74) is -0.0415. The summed E-state index contributed by atoms with van der Waals surface area (Å²) in [5, 5.41) is 11.4. The molecule has 0 spiro atoms. The number of hydrogen-bond donors (Lipinski definition) is 1. The third-order valence-electron chi connectivity index (χ3n) is 3.92. The Hall–Kier alpha value is -2.30. The maximum absolute atomic E-state index is 13.1. The number of benzene rings is 3. The predicted octanol–water partition coefficient (Wildman–Crippen LogP) is 3.87. The van der Waals surface area contributed by atoms with Crippen molar-refractivity contribution in [3.05, 3.63) is 102 Å². The molecule has 0 fully saturated rings. The molecule has 3 aromatic rings. The average molecular weight is 340 g/mol. The topological polar surface area (TPSA) is 37.3 Å². The molecule has 24 heavy (non-hydrogen) atoms. The van der Waals surface area contributed by atoms with Crippen LogP contribution in [0.4, 0.5) is 4.39 Å². The lowest BCUT2D eigenvalue weighted by Gasteiger charge is -2.29. The Morgan fingerprint density at radius 2 is 1.25 bits per heavy atom. The van der Waals surface area contributed by atoms with Crippen LogP contribution in [0.5, 0.6) is 0 Å². The molecule has 1 atom stereocenters. The molecule has 0 bridgehead atoms. The summed E-state index contributed by atoms with van der Waals surface area (Å²) in [6.07, 6.45) is 0. The van der Waals surface area contributed by atoms with E-state index in [1.54, 1.807) is 0 Å². The van der Waals surface area contributed by atoms with Crippen molar-refractivity contribution in [1.82, 2.24) is 0 Å². The number of aliphatic hydroxyl groups is 1. The minimum atomic E-state index is -1.48. The van der Waals surface area contributed by atoms with Crippen LogP contribution in [0.2, 0.25) is 0 Å². The zero-order chi connectivity index (χ0) is 17.0. The number of halogens is 1. The fourth-order valence-electron chi connectivity index (χ4n) is 2.62.